The monoisotopic (exact) mass is 370 g/mol. The van der Waals surface area contributed by atoms with Gasteiger partial charge in [0.2, 0.25) is 0 Å². The van der Waals surface area contributed by atoms with Gasteiger partial charge in [0.1, 0.15) is 18.3 Å². The van der Waals surface area contributed by atoms with Gasteiger partial charge in [-0.2, -0.15) is 0 Å². The summed E-state index contributed by atoms with van der Waals surface area (Å²) in [6, 6.07) is 0. The average Bonchev–Trinajstić information content (AvgIpc) is 2.63. The molecule has 9 heteroatoms. The zero-order valence-corrected chi connectivity index (χ0v) is 15.0. The fourth-order valence-corrected chi connectivity index (χ4v) is 1.76. The van der Waals surface area contributed by atoms with E-state index in [0.717, 1.165) is 0 Å². The highest BCUT2D eigenvalue weighted by Crippen LogP contribution is 2.05. The Morgan fingerprint density at radius 1 is 0.720 bits per heavy atom. The van der Waals surface area contributed by atoms with E-state index in [0.29, 0.717) is 19.4 Å². The van der Waals surface area contributed by atoms with Crippen LogP contribution < -0.4 is 0 Å². The highest BCUT2D eigenvalue weighted by molar-refractivity contribution is 4.62. The minimum atomic E-state index is -0.936. The molecule has 0 saturated heterocycles. The first kappa shape index (κ1) is 24.6. The van der Waals surface area contributed by atoms with Crippen LogP contribution in [-0.2, 0) is 18.9 Å². The molecule has 0 aromatic heterocycles. The highest BCUT2D eigenvalue weighted by Gasteiger charge is 2.15. The molecule has 0 radical (unpaired) electrons. The van der Waals surface area contributed by atoms with Crippen LogP contribution in [0.15, 0.2) is 0 Å². The number of aliphatic hydroxyl groups excluding tert-OH is 5. The summed E-state index contributed by atoms with van der Waals surface area (Å²) in [4.78, 5) is 0. The summed E-state index contributed by atoms with van der Waals surface area (Å²) < 4.78 is 21.9. The zero-order chi connectivity index (χ0) is 18.9. The minimum absolute atomic E-state index is 0.00424. The number of hydrogen-bond donors (Lipinski definition) is 5. The molecule has 0 aliphatic carbocycles. The fraction of sp³-hybridized carbons (Fsp3) is 1.00. The van der Waals surface area contributed by atoms with Crippen molar-refractivity contribution in [3.8, 4) is 0 Å². The molecular formula is C16H34O9. The van der Waals surface area contributed by atoms with Crippen molar-refractivity contribution in [3.63, 3.8) is 0 Å². The molecule has 0 rings (SSSR count). The smallest absolute Gasteiger partial charge is 0.104 e. The number of rotatable bonds is 18. The van der Waals surface area contributed by atoms with Crippen LogP contribution in [-0.4, -0.2) is 109 Å². The largest absolute Gasteiger partial charge is 0.396 e. The summed E-state index contributed by atoms with van der Waals surface area (Å²) in [7, 11) is 0. The second-order valence-electron chi connectivity index (χ2n) is 5.68. The predicted octanol–water partition coefficient (Wildman–Crippen LogP) is -1.71. The predicted molar refractivity (Wildman–Crippen MR) is 89.3 cm³/mol. The molecule has 0 aliphatic rings. The Bertz CT molecular complexity index is 280. The standard InChI is InChI=1S/C16H34O9/c1-2-15(10-22-8-13(20)6-18)25-12-16(24-5-3-4-17)11-23-9-14(21)7-19/h13-21H,2-12H2,1H3. The van der Waals surface area contributed by atoms with Crippen LogP contribution >= 0.6 is 0 Å². The lowest BCUT2D eigenvalue weighted by atomic mass is 10.3. The lowest BCUT2D eigenvalue weighted by Gasteiger charge is -2.23. The van der Waals surface area contributed by atoms with E-state index in [1.807, 2.05) is 6.92 Å². The van der Waals surface area contributed by atoms with E-state index < -0.39 is 12.2 Å². The van der Waals surface area contributed by atoms with Gasteiger partial charge in [-0.1, -0.05) is 6.92 Å². The average molecular weight is 370 g/mol. The Kier molecular flexibility index (Phi) is 16.8. The van der Waals surface area contributed by atoms with E-state index in [9.17, 15) is 10.2 Å². The van der Waals surface area contributed by atoms with E-state index in [1.165, 1.54) is 0 Å². The SMILES string of the molecule is CCC(COCC(O)CO)OCC(COCC(O)CO)OCCCO. The fourth-order valence-electron chi connectivity index (χ4n) is 1.76. The number of hydrogen-bond acceptors (Lipinski definition) is 9. The van der Waals surface area contributed by atoms with Gasteiger partial charge in [0, 0.05) is 13.2 Å². The Balaban J connectivity index is 4.16. The lowest BCUT2D eigenvalue weighted by Crippen LogP contribution is -2.32. The van der Waals surface area contributed by atoms with Crippen molar-refractivity contribution in [2.24, 2.45) is 0 Å². The quantitative estimate of drug-likeness (QED) is 0.179. The number of ether oxygens (including phenoxy) is 4. The molecule has 25 heavy (non-hydrogen) atoms. The topological polar surface area (TPSA) is 138 Å². The van der Waals surface area contributed by atoms with Crippen molar-refractivity contribution >= 4 is 0 Å². The van der Waals surface area contributed by atoms with Crippen LogP contribution in [0.4, 0.5) is 0 Å². The summed E-state index contributed by atoms with van der Waals surface area (Å²) in [5, 5.41) is 44.8. The maximum Gasteiger partial charge on any atom is 0.104 e. The van der Waals surface area contributed by atoms with Gasteiger partial charge in [0.15, 0.2) is 0 Å². The third-order valence-electron chi connectivity index (χ3n) is 3.28. The normalized spacial score (nSPS) is 16.6. The molecule has 0 aromatic rings. The van der Waals surface area contributed by atoms with Gasteiger partial charge in [-0.15, -0.1) is 0 Å². The minimum Gasteiger partial charge on any atom is -0.396 e. The summed E-state index contributed by atoms with van der Waals surface area (Å²) in [6.45, 7) is 2.32. The van der Waals surface area contributed by atoms with Crippen molar-refractivity contribution in [1.29, 1.82) is 0 Å². The first-order valence-corrected chi connectivity index (χ1v) is 8.64. The van der Waals surface area contributed by atoms with Gasteiger partial charge < -0.3 is 44.5 Å². The van der Waals surface area contributed by atoms with Gasteiger partial charge >= 0.3 is 0 Å². The van der Waals surface area contributed by atoms with E-state index >= 15 is 0 Å². The molecule has 0 spiro atoms. The Labute approximate surface area is 149 Å². The van der Waals surface area contributed by atoms with Crippen molar-refractivity contribution < 1.29 is 44.5 Å². The lowest BCUT2D eigenvalue weighted by molar-refractivity contribution is -0.106. The van der Waals surface area contributed by atoms with Gasteiger partial charge in [0.25, 0.3) is 0 Å². The molecular weight excluding hydrogens is 336 g/mol. The Morgan fingerprint density at radius 3 is 1.76 bits per heavy atom. The van der Waals surface area contributed by atoms with Crippen molar-refractivity contribution in [2.45, 2.75) is 44.2 Å². The second kappa shape index (κ2) is 17.1. The molecule has 0 aromatic carbocycles. The third kappa shape index (κ3) is 14.5. The molecule has 0 fully saturated rings. The van der Waals surface area contributed by atoms with Crippen LogP contribution in [0, 0.1) is 0 Å². The summed E-state index contributed by atoms with van der Waals surface area (Å²) >= 11 is 0. The molecule has 0 amide bonds. The first-order valence-electron chi connectivity index (χ1n) is 8.64. The molecule has 0 aliphatic heterocycles. The zero-order valence-electron chi connectivity index (χ0n) is 15.0. The van der Waals surface area contributed by atoms with Crippen LogP contribution in [0.25, 0.3) is 0 Å². The van der Waals surface area contributed by atoms with Crippen LogP contribution in [0.3, 0.4) is 0 Å². The maximum atomic E-state index is 9.27. The molecule has 5 N–H and O–H groups in total. The van der Waals surface area contributed by atoms with Crippen LogP contribution in [0.5, 0.6) is 0 Å². The van der Waals surface area contributed by atoms with E-state index in [4.69, 9.17) is 34.3 Å². The summed E-state index contributed by atoms with van der Waals surface area (Å²) in [6.07, 6.45) is -1.22. The molecule has 4 atom stereocenters. The molecule has 9 nitrogen and oxygen atoms in total. The molecule has 0 bridgehead atoms. The first-order chi connectivity index (χ1) is 12.1. The molecule has 0 saturated carbocycles. The van der Waals surface area contributed by atoms with E-state index in [-0.39, 0.29) is 65.1 Å². The summed E-state index contributed by atoms with van der Waals surface area (Å²) in [5.74, 6) is 0. The second-order valence-corrected chi connectivity index (χ2v) is 5.68. The molecule has 152 valence electrons. The number of aliphatic hydroxyl groups is 5. The molecule has 0 heterocycles. The van der Waals surface area contributed by atoms with Crippen molar-refractivity contribution in [3.05, 3.63) is 0 Å². The van der Waals surface area contributed by atoms with E-state index in [2.05, 4.69) is 0 Å². The Morgan fingerprint density at radius 2 is 1.28 bits per heavy atom. The Hall–Kier alpha value is -0.360. The van der Waals surface area contributed by atoms with Gasteiger partial charge in [-0.05, 0) is 12.8 Å². The van der Waals surface area contributed by atoms with Crippen molar-refractivity contribution in [2.75, 3.05) is 59.5 Å². The third-order valence-corrected chi connectivity index (χ3v) is 3.28. The maximum absolute atomic E-state index is 9.27. The van der Waals surface area contributed by atoms with Crippen LogP contribution in [0.1, 0.15) is 19.8 Å². The molecule has 4 unspecified atom stereocenters. The van der Waals surface area contributed by atoms with Crippen LogP contribution in [0.2, 0.25) is 0 Å². The van der Waals surface area contributed by atoms with E-state index in [1.54, 1.807) is 0 Å². The van der Waals surface area contributed by atoms with Gasteiger partial charge in [0.05, 0.1) is 52.4 Å². The van der Waals surface area contributed by atoms with Crippen molar-refractivity contribution in [1.82, 2.24) is 0 Å². The van der Waals surface area contributed by atoms with Gasteiger partial charge in [-0.25, -0.2) is 0 Å². The summed E-state index contributed by atoms with van der Waals surface area (Å²) in [5.41, 5.74) is 0. The van der Waals surface area contributed by atoms with Gasteiger partial charge in [-0.3, -0.25) is 0 Å². The highest BCUT2D eigenvalue weighted by atomic mass is 16.6.